The molecule has 1 heterocycles. The molecule has 2 rings (SSSR count). The molecule has 0 aromatic rings. The summed E-state index contributed by atoms with van der Waals surface area (Å²) >= 11 is 0. The largest absolute Gasteiger partial charge is 0.375 e. The maximum absolute atomic E-state index is 6.28. The van der Waals surface area contributed by atoms with Crippen molar-refractivity contribution in [1.82, 2.24) is 5.32 Å². The van der Waals surface area contributed by atoms with Crippen molar-refractivity contribution in [3.63, 3.8) is 0 Å². The Morgan fingerprint density at radius 2 is 2.00 bits per heavy atom. The SMILES string of the molecule is CCOC(C)(C)CNCC1CCC2(CCCC2)O1. The lowest BCUT2D eigenvalue weighted by atomic mass is 9.98. The summed E-state index contributed by atoms with van der Waals surface area (Å²) in [6.45, 7) is 8.96. The molecule has 1 N–H and O–H groups in total. The fraction of sp³-hybridized carbons (Fsp3) is 1.00. The van der Waals surface area contributed by atoms with Gasteiger partial charge in [-0.3, -0.25) is 0 Å². The highest BCUT2D eigenvalue weighted by Crippen LogP contribution is 2.43. The van der Waals surface area contributed by atoms with Crippen molar-refractivity contribution in [1.29, 1.82) is 0 Å². The maximum Gasteiger partial charge on any atom is 0.0750 e. The molecule has 1 saturated carbocycles. The average molecular weight is 255 g/mol. The molecule has 1 saturated heterocycles. The molecule has 0 radical (unpaired) electrons. The van der Waals surface area contributed by atoms with E-state index in [4.69, 9.17) is 9.47 Å². The Morgan fingerprint density at radius 1 is 1.28 bits per heavy atom. The van der Waals surface area contributed by atoms with Crippen LogP contribution in [0, 0.1) is 0 Å². The molecule has 3 heteroatoms. The van der Waals surface area contributed by atoms with E-state index in [2.05, 4.69) is 19.2 Å². The Balaban J connectivity index is 1.66. The molecule has 18 heavy (non-hydrogen) atoms. The first-order valence-corrected chi connectivity index (χ1v) is 7.58. The van der Waals surface area contributed by atoms with Gasteiger partial charge in [-0.25, -0.2) is 0 Å². The predicted molar refractivity (Wildman–Crippen MR) is 73.9 cm³/mol. The summed E-state index contributed by atoms with van der Waals surface area (Å²) < 4.78 is 12.0. The smallest absolute Gasteiger partial charge is 0.0750 e. The molecule has 1 aliphatic heterocycles. The highest BCUT2D eigenvalue weighted by Gasteiger charge is 2.41. The van der Waals surface area contributed by atoms with Gasteiger partial charge in [0.2, 0.25) is 0 Å². The zero-order valence-electron chi connectivity index (χ0n) is 12.3. The zero-order chi connectivity index (χ0) is 13.1. The fourth-order valence-electron chi connectivity index (χ4n) is 3.40. The summed E-state index contributed by atoms with van der Waals surface area (Å²) in [5.74, 6) is 0. The molecule has 0 amide bonds. The van der Waals surface area contributed by atoms with Crippen LogP contribution in [0.4, 0.5) is 0 Å². The van der Waals surface area contributed by atoms with Crippen LogP contribution in [0.3, 0.4) is 0 Å². The molecule has 1 spiro atoms. The molecule has 1 unspecified atom stereocenters. The second-order valence-electron chi connectivity index (χ2n) is 6.49. The Hall–Kier alpha value is -0.120. The van der Waals surface area contributed by atoms with E-state index in [9.17, 15) is 0 Å². The summed E-state index contributed by atoms with van der Waals surface area (Å²) in [5.41, 5.74) is 0.195. The Labute approximate surface area is 112 Å². The van der Waals surface area contributed by atoms with Crippen molar-refractivity contribution in [2.45, 2.75) is 76.6 Å². The lowest BCUT2D eigenvalue weighted by molar-refractivity contribution is -0.0406. The van der Waals surface area contributed by atoms with Gasteiger partial charge in [-0.2, -0.15) is 0 Å². The summed E-state index contributed by atoms with van der Waals surface area (Å²) in [5, 5.41) is 3.51. The summed E-state index contributed by atoms with van der Waals surface area (Å²) in [7, 11) is 0. The third-order valence-corrected chi connectivity index (χ3v) is 4.31. The fourth-order valence-corrected chi connectivity index (χ4v) is 3.40. The van der Waals surface area contributed by atoms with Crippen LogP contribution in [0.15, 0.2) is 0 Å². The van der Waals surface area contributed by atoms with Gasteiger partial charge in [0.15, 0.2) is 0 Å². The van der Waals surface area contributed by atoms with Crippen LogP contribution in [0.2, 0.25) is 0 Å². The summed E-state index contributed by atoms with van der Waals surface area (Å²) in [6.07, 6.45) is 8.20. The summed E-state index contributed by atoms with van der Waals surface area (Å²) in [4.78, 5) is 0. The number of hydrogen-bond donors (Lipinski definition) is 1. The van der Waals surface area contributed by atoms with Gasteiger partial charge in [-0.1, -0.05) is 12.8 Å². The van der Waals surface area contributed by atoms with E-state index in [-0.39, 0.29) is 11.2 Å². The molecular weight excluding hydrogens is 226 g/mol. The minimum absolute atomic E-state index is 0.0710. The van der Waals surface area contributed by atoms with Gasteiger partial charge in [0, 0.05) is 19.7 Å². The number of rotatable bonds is 6. The average Bonchev–Trinajstić information content (AvgIpc) is 2.90. The van der Waals surface area contributed by atoms with E-state index in [1.807, 2.05) is 6.92 Å². The number of hydrogen-bond acceptors (Lipinski definition) is 3. The highest BCUT2D eigenvalue weighted by atomic mass is 16.5. The molecule has 0 aromatic carbocycles. The minimum atomic E-state index is -0.0710. The summed E-state index contributed by atoms with van der Waals surface area (Å²) in [6, 6.07) is 0. The molecule has 2 aliphatic rings. The van der Waals surface area contributed by atoms with Crippen LogP contribution in [0.5, 0.6) is 0 Å². The second kappa shape index (κ2) is 5.89. The van der Waals surface area contributed by atoms with E-state index in [0.29, 0.717) is 6.10 Å². The lowest BCUT2D eigenvalue weighted by Gasteiger charge is -2.27. The minimum Gasteiger partial charge on any atom is -0.375 e. The third-order valence-electron chi connectivity index (χ3n) is 4.31. The second-order valence-corrected chi connectivity index (χ2v) is 6.49. The molecule has 1 aliphatic carbocycles. The zero-order valence-corrected chi connectivity index (χ0v) is 12.3. The van der Waals surface area contributed by atoms with Crippen LogP contribution in [0.1, 0.15) is 59.3 Å². The van der Waals surface area contributed by atoms with Crippen LogP contribution >= 0.6 is 0 Å². The Bertz CT molecular complexity index is 259. The van der Waals surface area contributed by atoms with Gasteiger partial charge in [0.05, 0.1) is 17.3 Å². The molecule has 1 atom stereocenters. The molecule has 2 fully saturated rings. The van der Waals surface area contributed by atoms with Gasteiger partial charge in [-0.05, 0) is 46.5 Å². The predicted octanol–water partition coefficient (Wildman–Crippen LogP) is 2.88. The van der Waals surface area contributed by atoms with Crippen LogP contribution in [-0.4, -0.2) is 37.0 Å². The van der Waals surface area contributed by atoms with Gasteiger partial charge in [-0.15, -0.1) is 0 Å². The van der Waals surface area contributed by atoms with Crippen molar-refractivity contribution in [3.05, 3.63) is 0 Å². The van der Waals surface area contributed by atoms with E-state index in [1.165, 1.54) is 38.5 Å². The van der Waals surface area contributed by atoms with Crippen molar-refractivity contribution in [3.8, 4) is 0 Å². The van der Waals surface area contributed by atoms with E-state index in [1.54, 1.807) is 0 Å². The monoisotopic (exact) mass is 255 g/mol. The van der Waals surface area contributed by atoms with Crippen molar-refractivity contribution < 1.29 is 9.47 Å². The molecule has 0 bridgehead atoms. The van der Waals surface area contributed by atoms with Gasteiger partial charge < -0.3 is 14.8 Å². The van der Waals surface area contributed by atoms with Crippen molar-refractivity contribution in [2.24, 2.45) is 0 Å². The quantitative estimate of drug-likeness (QED) is 0.791. The lowest BCUT2D eigenvalue weighted by Crippen LogP contribution is -2.41. The van der Waals surface area contributed by atoms with Gasteiger partial charge in [0.25, 0.3) is 0 Å². The molecule has 0 aromatic heterocycles. The topological polar surface area (TPSA) is 30.5 Å². The molecule has 106 valence electrons. The molecular formula is C15H29NO2. The van der Waals surface area contributed by atoms with Gasteiger partial charge >= 0.3 is 0 Å². The van der Waals surface area contributed by atoms with Crippen LogP contribution in [0.25, 0.3) is 0 Å². The Morgan fingerprint density at radius 3 is 2.67 bits per heavy atom. The molecule has 3 nitrogen and oxygen atoms in total. The van der Waals surface area contributed by atoms with E-state index < -0.39 is 0 Å². The first kappa shape index (κ1) is 14.3. The van der Waals surface area contributed by atoms with Crippen LogP contribution < -0.4 is 5.32 Å². The standard InChI is InChI=1S/C15H29NO2/c1-4-17-14(2,3)12-16-11-13-7-10-15(18-13)8-5-6-9-15/h13,16H,4-12H2,1-3H3. The number of ether oxygens (including phenoxy) is 2. The van der Waals surface area contributed by atoms with E-state index >= 15 is 0 Å². The third kappa shape index (κ3) is 3.69. The first-order valence-electron chi connectivity index (χ1n) is 7.58. The number of nitrogens with one attached hydrogen (secondary N) is 1. The van der Waals surface area contributed by atoms with Crippen LogP contribution in [-0.2, 0) is 9.47 Å². The van der Waals surface area contributed by atoms with Gasteiger partial charge in [0.1, 0.15) is 0 Å². The van der Waals surface area contributed by atoms with E-state index in [0.717, 1.165) is 19.7 Å². The Kier molecular flexibility index (Phi) is 4.68. The van der Waals surface area contributed by atoms with Crippen molar-refractivity contribution >= 4 is 0 Å². The maximum atomic E-state index is 6.28. The first-order chi connectivity index (χ1) is 8.55. The highest BCUT2D eigenvalue weighted by molar-refractivity contribution is 4.93. The normalized spacial score (nSPS) is 27.2. The van der Waals surface area contributed by atoms with Crippen molar-refractivity contribution in [2.75, 3.05) is 19.7 Å².